The van der Waals surface area contributed by atoms with Crippen molar-refractivity contribution in [3.63, 3.8) is 0 Å². The Kier molecular flexibility index (Phi) is 5.15. The summed E-state index contributed by atoms with van der Waals surface area (Å²) >= 11 is 0. The van der Waals surface area contributed by atoms with E-state index in [2.05, 4.69) is 10.1 Å². The predicted octanol–water partition coefficient (Wildman–Crippen LogP) is 0.122. The Balaban J connectivity index is 3.61. The second-order valence-corrected chi connectivity index (χ2v) is 2.32. The number of halogens is 3. The van der Waals surface area contributed by atoms with Crippen molar-refractivity contribution in [2.45, 2.75) is 12.6 Å². The van der Waals surface area contributed by atoms with Gasteiger partial charge in [0.25, 0.3) is 0 Å². The van der Waals surface area contributed by atoms with E-state index in [9.17, 15) is 22.8 Å². The maximum absolute atomic E-state index is 11.6. The highest BCUT2D eigenvalue weighted by Crippen LogP contribution is 2.15. The van der Waals surface area contributed by atoms with Gasteiger partial charge in [0.2, 0.25) is 5.91 Å². The zero-order valence-electron chi connectivity index (χ0n) is 7.43. The van der Waals surface area contributed by atoms with Gasteiger partial charge >= 0.3 is 12.1 Å². The van der Waals surface area contributed by atoms with Crippen molar-refractivity contribution in [3.8, 4) is 6.07 Å². The fourth-order valence-electron chi connectivity index (χ4n) is 0.550. The molecule has 8 heteroatoms. The molecule has 0 saturated carbocycles. The second kappa shape index (κ2) is 5.85. The zero-order chi connectivity index (χ0) is 11.9. The fraction of sp³-hybridized carbons (Fsp3) is 0.571. The summed E-state index contributed by atoms with van der Waals surface area (Å²) in [5.74, 6) is -2.95. The number of hydrogen-bond acceptors (Lipinski definition) is 4. The Morgan fingerprint density at radius 3 is 2.47 bits per heavy atom. The van der Waals surface area contributed by atoms with Crippen LogP contribution in [0, 0.1) is 11.3 Å². The number of alkyl halides is 3. The highest BCUT2D eigenvalue weighted by atomic mass is 19.4. The van der Waals surface area contributed by atoms with Gasteiger partial charge in [0.1, 0.15) is 13.0 Å². The Hall–Kier alpha value is -1.78. The van der Waals surface area contributed by atoms with Gasteiger partial charge in [-0.2, -0.15) is 18.4 Å². The number of carbonyl (C=O) groups is 2. The normalized spacial score (nSPS) is 10.3. The summed E-state index contributed by atoms with van der Waals surface area (Å²) in [6.45, 7) is -0.849. The van der Waals surface area contributed by atoms with Gasteiger partial charge in [0.15, 0.2) is 0 Å². The Morgan fingerprint density at radius 2 is 2.00 bits per heavy atom. The lowest BCUT2D eigenvalue weighted by Gasteiger charge is -2.07. The van der Waals surface area contributed by atoms with Gasteiger partial charge in [-0.1, -0.05) is 0 Å². The van der Waals surface area contributed by atoms with Crippen LogP contribution in [-0.4, -0.2) is 31.2 Å². The van der Waals surface area contributed by atoms with Crippen LogP contribution in [0.2, 0.25) is 0 Å². The molecule has 0 fully saturated rings. The maximum atomic E-state index is 11.6. The van der Waals surface area contributed by atoms with Gasteiger partial charge in [-0.25, -0.2) is 4.79 Å². The lowest BCUT2D eigenvalue weighted by Crippen LogP contribution is -2.31. The number of rotatable bonds is 4. The molecule has 0 unspecified atom stereocenters. The van der Waals surface area contributed by atoms with E-state index >= 15 is 0 Å². The number of carbonyl (C=O) groups excluding carboxylic acids is 2. The summed E-state index contributed by atoms with van der Waals surface area (Å²) in [5, 5.41) is 10.1. The predicted molar refractivity (Wildman–Crippen MR) is 40.3 cm³/mol. The number of nitriles is 1. The Morgan fingerprint density at radius 1 is 1.40 bits per heavy atom. The first kappa shape index (κ1) is 13.2. The lowest BCUT2D eigenvalue weighted by atomic mass is 10.4. The summed E-state index contributed by atoms with van der Waals surface area (Å²) in [6.07, 6.45) is -5.43. The largest absolute Gasteiger partial charge is 0.490 e. The standard InChI is InChI=1S/C7H7F3N2O3/c8-7(9,10)6(14)15-4-3-12-5(13)1-2-11/h1,3-4H2,(H,12,13). The van der Waals surface area contributed by atoms with E-state index in [-0.39, 0.29) is 6.54 Å². The molecule has 1 N–H and O–H groups in total. The number of esters is 1. The first-order valence-electron chi connectivity index (χ1n) is 3.75. The monoisotopic (exact) mass is 224 g/mol. The molecule has 0 aromatic carbocycles. The summed E-state index contributed by atoms with van der Waals surface area (Å²) in [7, 11) is 0. The van der Waals surface area contributed by atoms with E-state index in [0.29, 0.717) is 0 Å². The molecule has 0 aliphatic heterocycles. The van der Waals surface area contributed by atoms with Crippen LogP contribution in [-0.2, 0) is 14.3 Å². The average molecular weight is 224 g/mol. The number of hydrogen-bond donors (Lipinski definition) is 1. The summed E-state index contributed by atoms with van der Waals surface area (Å²) in [6, 6.07) is 1.54. The van der Waals surface area contributed by atoms with Crippen molar-refractivity contribution >= 4 is 11.9 Å². The molecule has 0 aliphatic carbocycles. The van der Waals surface area contributed by atoms with Crippen LogP contribution in [0.25, 0.3) is 0 Å². The highest BCUT2D eigenvalue weighted by Gasteiger charge is 2.40. The minimum Gasteiger partial charge on any atom is -0.457 e. The van der Waals surface area contributed by atoms with Crippen LogP contribution >= 0.6 is 0 Å². The van der Waals surface area contributed by atoms with E-state index in [4.69, 9.17) is 5.26 Å². The summed E-state index contributed by atoms with van der Waals surface area (Å²) in [4.78, 5) is 20.7. The molecule has 15 heavy (non-hydrogen) atoms. The van der Waals surface area contributed by atoms with Crippen molar-refractivity contribution in [2.24, 2.45) is 0 Å². The molecule has 0 radical (unpaired) electrons. The zero-order valence-corrected chi connectivity index (χ0v) is 7.43. The first-order valence-corrected chi connectivity index (χ1v) is 3.75. The molecule has 0 aromatic rings. The molecule has 0 aromatic heterocycles. The molecule has 0 bridgehead atoms. The molecule has 0 heterocycles. The highest BCUT2D eigenvalue weighted by molar-refractivity contribution is 5.78. The van der Waals surface area contributed by atoms with Crippen LogP contribution < -0.4 is 5.32 Å². The maximum Gasteiger partial charge on any atom is 0.490 e. The third-order valence-electron chi connectivity index (χ3n) is 1.13. The van der Waals surface area contributed by atoms with Gasteiger partial charge in [-0.05, 0) is 0 Å². The first-order chi connectivity index (χ1) is 6.88. The van der Waals surface area contributed by atoms with Gasteiger partial charge in [0, 0.05) is 0 Å². The summed E-state index contributed by atoms with van der Waals surface area (Å²) < 4.78 is 38.4. The van der Waals surface area contributed by atoms with E-state index in [1.807, 2.05) is 0 Å². The third-order valence-corrected chi connectivity index (χ3v) is 1.13. The molecule has 0 spiro atoms. The van der Waals surface area contributed by atoms with Gasteiger partial charge in [0.05, 0.1) is 12.6 Å². The quantitative estimate of drug-likeness (QED) is 0.543. The molecule has 0 rings (SSSR count). The van der Waals surface area contributed by atoms with Crippen LogP contribution in [0.15, 0.2) is 0 Å². The third kappa shape index (κ3) is 6.31. The van der Waals surface area contributed by atoms with Crippen molar-refractivity contribution in [1.82, 2.24) is 5.32 Å². The molecule has 84 valence electrons. The number of nitrogens with one attached hydrogen (secondary N) is 1. The van der Waals surface area contributed by atoms with Gasteiger partial charge in [-0.15, -0.1) is 0 Å². The molecule has 0 saturated heterocycles. The Labute approximate surface area is 82.8 Å². The molecule has 1 amide bonds. The number of ether oxygens (including phenoxy) is 1. The summed E-state index contributed by atoms with van der Waals surface area (Å²) in [5.41, 5.74) is 0. The SMILES string of the molecule is N#CCC(=O)NCCOC(=O)C(F)(F)F. The van der Waals surface area contributed by atoms with Crippen LogP contribution in [0.5, 0.6) is 0 Å². The molecule has 0 aliphatic rings. The van der Waals surface area contributed by atoms with Crippen molar-refractivity contribution in [1.29, 1.82) is 5.26 Å². The number of amides is 1. The fourth-order valence-corrected chi connectivity index (χ4v) is 0.550. The minimum absolute atomic E-state index is 0.262. The Bertz CT molecular complexity index is 282. The second-order valence-electron chi connectivity index (χ2n) is 2.32. The van der Waals surface area contributed by atoms with E-state index < -0.39 is 31.1 Å². The molecular formula is C7H7F3N2O3. The molecule has 0 atom stereocenters. The van der Waals surface area contributed by atoms with Crippen molar-refractivity contribution in [3.05, 3.63) is 0 Å². The van der Waals surface area contributed by atoms with E-state index in [0.717, 1.165) is 0 Å². The topological polar surface area (TPSA) is 79.2 Å². The molecular weight excluding hydrogens is 217 g/mol. The van der Waals surface area contributed by atoms with Crippen LogP contribution in [0.3, 0.4) is 0 Å². The van der Waals surface area contributed by atoms with Crippen molar-refractivity contribution in [2.75, 3.05) is 13.2 Å². The average Bonchev–Trinajstić information content (AvgIpc) is 2.11. The van der Waals surface area contributed by atoms with Crippen LogP contribution in [0.1, 0.15) is 6.42 Å². The van der Waals surface area contributed by atoms with Gasteiger partial charge < -0.3 is 10.1 Å². The molecule has 5 nitrogen and oxygen atoms in total. The van der Waals surface area contributed by atoms with Crippen molar-refractivity contribution < 1.29 is 27.5 Å². The minimum atomic E-state index is -5.03. The number of nitrogens with zero attached hydrogens (tertiary/aromatic N) is 1. The van der Waals surface area contributed by atoms with E-state index in [1.54, 1.807) is 6.07 Å². The van der Waals surface area contributed by atoms with Gasteiger partial charge in [-0.3, -0.25) is 4.79 Å². The van der Waals surface area contributed by atoms with E-state index in [1.165, 1.54) is 0 Å². The van der Waals surface area contributed by atoms with Crippen LogP contribution in [0.4, 0.5) is 13.2 Å². The smallest absolute Gasteiger partial charge is 0.457 e. The lowest BCUT2D eigenvalue weighted by molar-refractivity contribution is -0.199.